The quantitative estimate of drug-likeness (QED) is 0.572. The summed E-state index contributed by atoms with van der Waals surface area (Å²) in [7, 11) is 2.62. The van der Waals surface area contributed by atoms with E-state index in [1.807, 2.05) is 0 Å². The molecule has 1 rings (SSSR count). The SMILES string of the molecule is COC(=O)CCSc1cncc(C(=O)OC)n1. The van der Waals surface area contributed by atoms with Gasteiger partial charge < -0.3 is 9.47 Å². The largest absolute Gasteiger partial charge is 0.469 e. The number of esters is 2. The van der Waals surface area contributed by atoms with Crippen molar-refractivity contribution in [1.29, 1.82) is 0 Å². The van der Waals surface area contributed by atoms with Gasteiger partial charge in [0.15, 0.2) is 5.69 Å². The summed E-state index contributed by atoms with van der Waals surface area (Å²) in [5.41, 5.74) is 0.149. The number of carbonyl (C=O) groups is 2. The first-order valence-corrected chi connectivity index (χ1v) is 5.76. The molecule has 7 heteroatoms. The molecular formula is C10H12N2O4S. The second-order valence-electron chi connectivity index (χ2n) is 2.91. The predicted octanol–water partition coefficient (Wildman–Crippen LogP) is 0.918. The Labute approximate surface area is 103 Å². The van der Waals surface area contributed by atoms with Crippen LogP contribution in [0.15, 0.2) is 17.4 Å². The van der Waals surface area contributed by atoms with Crippen molar-refractivity contribution in [3.63, 3.8) is 0 Å². The summed E-state index contributed by atoms with van der Waals surface area (Å²) >= 11 is 1.32. The molecule has 6 nitrogen and oxygen atoms in total. The van der Waals surface area contributed by atoms with Gasteiger partial charge in [0.2, 0.25) is 0 Å². The van der Waals surface area contributed by atoms with E-state index in [0.29, 0.717) is 10.8 Å². The summed E-state index contributed by atoms with van der Waals surface area (Å²) in [5.74, 6) is -0.297. The Bertz CT molecular complexity index is 411. The van der Waals surface area contributed by atoms with Crippen LogP contribution in [0.3, 0.4) is 0 Å². The molecule has 0 saturated heterocycles. The molecule has 17 heavy (non-hydrogen) atoms. The molecule has 92 valence electrons. The van der Waals surface area contributed by atoms with Gasteiger partial charge in [0.1, 0.15) is 5.03 Å². The monoisotopic (exact) mass is 256 g/mol. The number of ether oxygens (including phenoxy) is 2. The number of carbonyl (C=O) groups excluding carboxylic acids is 2. The van der Waals surface area contributed by atoms with Gasteiger partial charge in [-0.15, -0.1) is 11.8 Å². The van der Waals surface area contributed by atoms with Gasteiger partial charge in [0.05, 0.1) is 33.0 Å². The summed E-state index contributed by atoms with van der Waals surface area (Å²) in [6.07, 6.45) is 3.13. The summed E-state index contributed by atoms with van der Waals surface area (Å²) in [5, 5.41) is 0.566. The normalized spacial score (nSPS) is 9.76. The van der Waals surface area contributed by atoms with Crippen molar-refractivity contribution in [2.24, 2.45) is 0 Å². The Hall–Kier alpha value is -1.63. The third kappa shape index (κ3) is 4.39. The number of rotatable bonds is 5. The Morgan fingerprint density at radius 2 is 2.06 bits per heavy atom. The molecule has 0 unspecified atom stereocenters. The van der Waals surface area contributed by atoms with Crippen LogP contribution in [0.25, 0.3) is 0 Å². The van der Waals surface area contributed by atoms with Gasteiger partial charge in [-0.25, -0.2) is 9.78 Å². The number of nitrogens with zero attached hydrogens (tertiary/aromatic N) is 2. The van der Waals surface area contributed by atoms with Crippen molar-refractivity contribution >= 4 is 23.7 Å². The van der Waals surface area contributed by atoms with Crippen molar-refractivity contribution < 1.29 is 19.1 Å². The highest BCUT2D eigenvalue weighted by atomic mass is 32.2. The van der Waals surface area contributed by atoms with Crippen molar-refractivity contribution in [1.82, 2.24) is 9.97 Å². The smallest absolute Gasteiger partial charge is 0.358 e. The first-order valence-electron chi connectivity index (χ1n) is 4.77. The molecule has 1 heterocycles. The topological polar surface area (TPSA) is 78.4 Å². The van der Waals surface area contributed by atoms with Crippen molar-refractivity contribution in [2.45, 2.75) is 11.4 Å². The molecule has 0 spiro atoms. The molecule has 0 bridgehead atoms. The van der Waals surface area contributed by atoms with E-state index in [1.165, 1.54) is 38.4 Å². The molecular weight excluding hydrogens is 244 g/mol. The number of aromatic nitrogens is 2. The summed E-state index contributed by atoms with van der Waals surface area (Å²) in [4.78, 5) is 30.0. The lowest BCUT2D eigenvalue weighted by molar-refractivity contribution is -0.140. The minimum absolute atomic E-state index is 0.149. The molecule has 0 amide bonds. The molecule has 0 fully saturated rings. The van der Waals surface area contributed by atoms with Gasteiger partial charge in [-0.2, -0.15) is 0 Å². The molecule has 0 atom stereocenters. The molecule has 0 aromatic carbocycles. The Morgan fingerprint density at radius 3 is 2.71 bits per heavy atom. The molecule has 0 aliphatic rings. The maximum atomic E-state index is 11.2. The average Bonchev–Trinajstić information content (AvgIpc) is 2.38. The van der Waals surface area contributed by atoms with E-state index in [4.69, 9.17) is 0 Å². The van der Waals surface area contributed by atoms with Gasteiger partial charge >= 0.3 is 11.9 Å². The van der Waals surface area contributed by atoms with Crippen LogP contribution in [0.4, 0.5) is 0 Å². The van der Waals surface area contributed by atoms with E-state index in [1.54, 1.807) is 0 Å². The van der Waals surface area contributed by atoms with Crippen LogP contribution < -0.4 is 0 Å². The number of hydrogen-bond acceptors (Lipinski definition) is 7. The van der Waals surface area contributed by atoms with E-state index >= 15 is 0 Å². The molecule has 0 aliphatic heterocycles. The minimum Gasteiger partial charge on any atom is -0.469 e. The predicted molar refractivity (Wildman–Crippen MR) is 60.7 cm³/mol. The first kappa shape index (κ1) is 13.4. The highest BCUT2D eigenvalue weighted by Crippen LogP contribution is 2.15. The molecule has 0 aliphatic carbocycles. The molecule has 0 saturated carbocycles. The van der Waals surface area contributed by atoms with Crippen LogP contribution in [0.5, 0.6) is 0 Å². The van der Waals surface area contributed by atoms with Gasteiger partial charge in [0.25, 0.3) is 0 Å². The van der Waals surface area contributed by atoms with E-state index in [2.05, 4.69) is 19.4 Å². The summed E-state index contributed by atoms with van der Waals surface area (Å²) in [6.45, 7) is 0. The Kier molecular flexibility index (Phi) is 5.41. The van der Waals surface area contributed by atoms with Crippen LogP contribution in [0.1, 0.15) is 16.9 Å². The lowest BCUT2D eigenvalue weighted by Gasteiger charge is -2.02. The molecule has 1 aromatic rings. The van der Waals surface area contributed by atoms with Gasteiger partial charge in [-0.05, 0) is 0 Å². The Balaban J connectivity index is 2.54. The van der Waals surface area contributed by atoms with E-state index < -0.39 is 5.97 Å². The van der Waals surface area contributed by atoms with Crippen LogP contribution in [0.2, 0.25) is 0 Å². The van der Waals surface area contributed by atoms with Gasteiger partial charge in [-0.3, -0.25) is 9.78 Å². The van der Waals surface area contributed by atoms with E-state index in [-0.39, 0.29) is 18.1 Å². The minimum atomic E-state index is -0.534. The maximum Gasteiger partial charge on any atom is 0.358 e. The summed E-state index contributed by atoms with van der Waals surface area (Å²) in [6, 6.07) is 0. The third-order valence-corrected chi connectivity index (χ3v) is 2.69. The van der Waals surface area contributed by atoms with Gasteiger partial charge in [-0.1, -0.05) is 0 Å². The van der Waals surface area contributed by atoms with Crippen LogP contribution in [-0.4, -0.2) is 41.9 Å². The summed E-state index contributed by atoms with van der Waals surface area (Å²) < 4.78 is 9.03. The zero-order valence-electron chi connectivity index (χ0n) is 9.50. The molecule has 0 N–H and O–H groups in total. The van der Waals surface area contributed by atoms with Crippen molar-refractivity contribution in [2.75, 3.05) is 20.0 Å². The fourth-order valence-corrected chi connectivity index (χ4v) is 1.74. The van der Waals surface area contributed by atoms with E-state index in [0.717, 1.165) is 0 Å². The highest BCUT2D eigenvalue weighted by Gasteiger charge is 2.09. The second kappa shape index (κ2) is 6.85. The standard InChI is InChI=1S/C10H12N2O4S/c1-15-9(13)3-4-17-8-6-11-5-7(12-8)10(14)16-2/h5-6H,3-4H2,1-2H3. The fourth-order valence-electron chi connectivity index (χ4n) is 0.962. The number of hydrogen-bond donors (Lipinski definition) is 0. The van der Waals surface area contributed by atoms with Crippen LogP contribution >= 0.6 is 11.8 Å². The van der Waals surface area contributed by atoms with Crippen molar-refractivity contribution in [3.05, 3.63) is 18.1 Å². The van der Waals surface area contributed by atoms with E-state index in [9.17, 15) is 9.59 Å². The Morgan fingerprint density at radius 1 is 1.29 bits per heavy atom. The lowest BCUT2D eigenvalue weighted by atomic mass is 10.5. The number of thioether (sulfide) groups is 1. The average molecular weight is 256 g/mol. The van der Waals surface area contributed by atoms with Gasteiger partial charge in [0, 0.05) is 5.75 Å². The molecule has 1 aromatic heterocycles. The lowest BCUT2D eigenvalue weighted by Crippen LogP contribution is -2.06. The zero-order valence-corrected chi connectivity index (χ0v) is 10.3. The van der Waals surface area contributed by atoms with Crippen LogP contribution in [-0.2, 0) is 14.3 Å². The third-order valence-electron chi connectivity index (χ3n) is 1.79. The number of methoxy groups -OCH3 is 2. The first-order chi connectivity index (χ1) is 8.17. The fraction of sp³-hybridized carbons (Fsp3) is 0.400. The molecule has 0 radical (unpaired) electrons. The second-order valence-corrected chi connectivity index (χ2v) is 4.02. The van der Waals surface area contributed by atoms with Crippen molar-refractivity contribution in [3.8, 4) is 0 Å². The zero-order chi connectivity index (χ0) is 12.7. The highest BCUT2D eigenvalue weighted by molar-refractivity contribution is 7.99. The maximum absolute atomic E-state index is 11.2. The van der Waals surface area contributed by atoms with Crippen LogP contribution in [0, 0.1) is 0 Å².